The van der Waals surface area contributed by atoms with Crippen LogP contribution in [0.5, 0.6) is 5.75 Å². The molecular formula is C25H33ClN2O. The zero-order valence-corrected chi connectivity index (χ0v) is 18.2. The van der Waals surface area contributed by atoms with Gasteiger partial charge < -0.3 is 15.4 Å². The van der Waals surface area contributed by atoms with Crippen LogP contribution in [0.15, 0.2) is 36.4 Å². The summed E-state index contributed by atoms with van der Waals surface area (Å²) in [7, 11) is 0. The number of fused-ring (bicyclic) bond motifs is 1. The predicted molar refractivity (Wildman–Crippen MR) is 122 cm³/mol. The second-order valence-corrected chi connectivity index (χ2v) is 8.94. The summed E-state index contributed by atoms with van der Waals surface area (Å²) in [5, 5.41) is 7.88. The van der Waals surface area contributed by atoms with Crippen molar-refractivity contribution in [1.82, 2.24) is 5.32 Å². The Labute approximate surface area is 180 Å². The van der Waals surface area contributed by atoms with Gasteiger partial charge in [0.15, 0.2) is 0 Å². The first-order chi connectivity index (χ1) is 14.2. The van der Waals surface area contributed by atoms with Gasteiger partial charge in [0.2, 0.25) is 0 Å². The Morgan fingerprint density at radius 2 is 1.79 bits per heavy atom. The normalized spacial score (nSPS) is 18.6. The quantitative estimate of drug-likeness (QED) is 0.611. The van der Waals surface area contributed by atoms with Gasteiger partial charge in [0.05, 0.1) is 16.8 Å². The van der Waals surface area contributed by atoms with Gasteiger partial charge in [0.1, 0.15) is 5.75 Å². The zero-order chi connectivity index (χ0) is 20.1. The summed E-state index contributed by atoms with van der Waals surface area (Å²) in [5.41, 5.74) is 5.10. The molecule has 4 heteroatoms. The van der Waals surface area contributed by atoms with Crippen LogP contribution in [0.1, 0.15) is 55.7 Å². The van der Waals surface area contributed by atoms with E-state index in [2.05, 4.69) is 47.9 Å². The molecule has 1 saturated carbocycles. The Balaban J connectivity index is 1.37. The van der Waals surface area contributed by atoms with Crippen molar-refractivity contribution in [3.8, 4) is 5.75 Å². The molecule has 29 heavy (non-hydrogen) atoms. The first-order valence-corrected chi connectivity index (χ1v) is 11.6. The molecule has 0 aromatic heterocycles. The molecular weight excluding hydrogens is 380 g/mol. The number of rotatable bonds is 6. The van der Waals surface area contributed by atoms with E-state index in [1.54, 1.807) is 0 Å². The minimum Gasteiger partial charge on any atom is -0.490 e. The van der Waals surface area contributed by atoms with Crippen LogP contribution in [0.2, 0.25) is 5.02 Å². The first kappa shape index (κ1) is 20.6. The lowest BCUT2D eigenvalue weighted by Gasteiger charge is -2.28. The molecule has 1 heterocycles. The summed E-state index contributed by atoms with van der Waals surface area (Å²) in [6, 6.07) is 12.7. The molecule has 2 aromatic carbocycles. The van der Waals surface area contributed by atoms with Crippen LogP contribution in [0.25, 0.3) is 0 Å². The van der Waals surface area contributed by atoms with Crippen molar-refractivity contribution in [2.75, 3.05) is 18.4 Å². The third-order valence-electron chi connectivity index (χ3n) is 6.51. The summed E-state index contributed by atoms with van der Waals surface area (Å²) in [6.45, 7) is 5.04. The van der Waals surface area contributed by atoms with Gasteiger partial charge in [0, 0.05) is 6.54 Å². The molecule has 0 saturated heterocycles. The highest BCUT2D eigenvalue weighted by Gasteiger charge is 2.21. The largest absolute Gasteiger partial charge is 0.490 e. The van der Waals surface area contributed by atoms with Gasteiger partial charge in [-0.2, -0.15) is 0 Å². The maximum Gasteiger partial charge on any atom is 0.119 e. The van der Waals surface area contributed by atoms with E-state index in [1.807, 2.05) is 6.07 Å². The Hall–Kier alpha value is -1.71. The van der Waals surface area contributed by atoms with Crippen molar-refractivity contribution in [1.29, 1.82) is 0 Å². The zero-order valence-electron chi connectivity index (χ0n) is 17.5. The maximum absolute atomic E-state index is 6.53. The van der Waals surface area contributed by atoms with Crippen LogP contribution < -0.4 is 15.4 Å². The van der Waals surface area contributed by atoms with E-state index in [-0.39, 0.29) is 0 Å². The van der Waals surface area contributed by atoms with Gasteiger partial charge in [-0.15, -0.1) is 0 Å². The summed E-state index contributed by atoms with van der Waals surface area (Å²) < 4.78 is 6.23. The molecule has 1 unspecified atom stereocenters. The minimum absolute atomic E-state index is 0.298. The second-order valence-electron chi connectivity index (χ2n) is 8.53. The first-order valence-electron chi connectivity index (χ1n) is 11.2. The number of nitrogens with one attached hydrogen (secondary N) is 2. The second kappa shape index (κ2) is 9.86. The van der Waals surface area contributed by atoms with E-state index in [1.165, 1.54) is 48.8 Å². The topological polar surface area (TPSA) is 33.3 Å². The molecule has 0 spiro atoms. The molecule has 1 aliphatic heterocycles. The van der Waals surface area contributed by atoms with Crippen LogP contribution >= 0.6 is 11.6 Å². The molecule has 2 aliphatic rings. The van der Waals surface area contributed by atoms with Crippen molar-refractivity contribution in [3.63, 3.8) is 0 Å². The van der Waals surface area contributed by atoms with Crippen molar-refractivity contribution >= 4 is 17.3 Å². The maximum atomic E-state index is 6.53. The summed E-state index contributed by atoms with van der Waals surface area (Å²) in [6.07, 6.45) is 9.08. The third-order valence-corrected chi connectivity index (χ3v) is 6.83. The molecule has 2 N–H and O–H groups in total. The number of halogens is 1. The number of benzene rings is 2. The fourth-order valence-electron chi connectivity index (χ4n) is 4.73. The average Bonchev–Trinajstić information content (AvgIpc) is 3.00. The highest BCUT2D eigenvalue weighted by Crippen LogP contribution is 2.32. The van der Waals surface area contributed by atoms with Crippen molar-refractivity contribution in [2.24, 2.45) is 5.92 Å². The predicted octanol–water partition coefficient (Wildman–Crippen LogP) is 5.99. The van der Waals surface area contributed by atoms with Crippen LogP contribution in [0.4, 0.5) is 5.69 Å². The lowest BCUT2D eigenvalue weighted by Crippen LogP contribution is -2.25. The van der Waals surface area contributed by atoms with E-state index < -0.39 is 0 Å². The lowest BCUT2D eigenvalue weighted by atomic mass is 9.86. The molecule has 0 bridgehead atoms. The van der Waals surface area contributed by atoms with Crippen molar-refractivity contribution in [3.05, 3.63) is 58.1 Å². The number of hydrogen-bond acceptors (Lipinski definition) is 3. The van der Waals surface area contributed by atoms with Crippen LogP contribution in [-0.4, -0.2) is 19.2 Å². The number of ether oxygens (including phenoxy) is 1. The molecule has 4 rings (SSSR count). The fourth-order valence-corrected chi connectivity index (χ4v) is 4.97. The molecule has 2 aromatic rings. The highest BCUT2D eigenvalue weighted by molar-refractivity contribution is 6.33. The van der Waals surface area contributed by atoms with Crippen molar-refractivity contribution < 1.29 is 4.74 Å². The minimum atomic E-state index is 0.298. The molecule has 1 fully saturated rings. The van der Waals surface area contributed by atoms with E-state index in [0.29, 0.717) is 12.0 Å². The van der Waals surface area contributed by atoms with Crippen LogP contribution in [0, 0.1) is 5.92 Å². The summed E-state index contributed by atoms with van der Waals surface area (Å²) in [5.74, 6) is 1.68. The Kier molecular flexibility index (Phi) is 6.99. The van der Waals surface area contributed by atoms with E-state index in [4.69, 9.17) is 16.3 Å². The standard InChI is InChI=1S/C25H33ClN2O/c1-18(20-5-3-2-4-6-20)29-22-10-7-19(8-11-22)17-28-25-23-14-16-27-15-13-21(23)9-12-24(25)26/h7-12,18,20,27-28H,2-6,13-17H2,1H3. The van der Waals surface area contributed by atoms with Gasteiger partial charge in [-0.25, -0.2) is 0 Å². The molecule has 1 atom stereocenters. The SMILES string of the molecule is CC(Oc1ccc(CNc2c(Cl)ccc3c2CCNCC3)cc1)C1CCCCC1. The van der Waals surface area contributed by atoms with Gasteiger partial charge in [-0.1, -0.05) is 49.1 Å². The van der Waals surface area contributed by atoms with Gasteiger partial charge in [-0.05, 0) is 86.5 Å². The molecule has 0 amide bonds. The van der Waals surface area contributed by atoms with Crippen LogP contribution in [0.3, 0.4) is 0 Å². The van der Waals surface area contributed by atoms with Gasteiger partial charge >= 0.3 is 0 Å². The smallest absolute Gasteiger partial charge is 0.119 e. The highest BCUT2D eigenvalue weighted by atomic mass is 35.5. The van der Waals surface area contributed by atoms with Gasteiger partial charge in [0.25, 0.3) is 0 Å². The van der Waals surface area contributed by atoms with E-state index in [0.717, 1.165) is 48.9 Å². The monoisotopic (exact) mass is 412 g/mol. The Morgan fingerprint density at radius 1 is 1.03 bits per heavy atom. The van der Waals surface area contributed by atoms with Gasteiger partial charge in [-0.3, -0.25) is 0 Å². The fraction of sp³-hybridized carbons (Fsp3) is 0.520. The molecule has 3 nitrogen and oxygen atoms in total. The molecule has 156 valence electrons. The van der Waals surface area contributed by atoms with E-state index >= 15 is 0 Å². The summed E-state index contributed by atoms with van der Waals surface area (Å²) in [4.78, 5) is 0. The average molecular weight is 413 g/mol. The van der Waals surface area contributed by atoms with E-state index in [9.17, 15) is 0 Å². The number of anilines is 1. The summed E-state index contributed by atoms with van der Waals surface area (Å²) >= 11 is 6.53. The lowest BCUT2D eigenvalue weighted by molar-refractivity contribution is 0.123. The van der Waals surface area contributed by atoms with Crippen molar-refractivity contribution in [2.45, 2.75) is 64.5 Å². The third kappa shape index (κ3) is 5.26. The Bertz CT molecular complexity index is 799. The van der Waals surface area contributed by atoms with Crippen LogP contribution in [-0.2, 0) is 19.4 Å². The molecule has 1 aliphatic carbocycles. The number of hydrogen-bond donors (Lipinski definition) is 2. The Morgan fingerprint density at radius 3 is 2.59 bits per heavy atom. The molecule has 0 radical (unpaired) electrons.